The predicted molar refractivity (Wildman–Crippen MR) is 120 cm³/mol. The maximum absolute atomic E-state index is 13.1. The van der Waals surface area contributed by atoms with Gasteiger partial charge in [0.15, 0.2) is 0 Å². The third kappa shape index (κ3) is 6.38. The molecular formula is C24H33FN4O2. The molecule has 3 heterocycles. The lowest BCUT2D eigenvalue weighted by molar-refractivity contribution is 0.0626. The van der Waals surface area contributed by atoms with E-state index in [0.29, 0.717) is 45.0 Å². The third-order valence-corrected chi connectivity index (χ3v) is 6.17. The Morgan fingerprint density at radius 3 is 2.81 bits per heavy atom. The van der Waals surface area contributed by atoms with Crippen molar-refractivity contribution >= 4 is 5.82 Å². The zero-order chi connectivity index (χ0) is 21.5. The monoisotopic (exact) mass is 428 g/mol. The van der Waals surface area contributed by atoms with Crippen molar-refractivity contribution in [3.05, 3.63) is 54.0 Å². The molecule has 2 fully saturated rings. The first-order chi connectivity index (χ1) is 15.1. The quantitative estimate of drug-likeness (QED) is 0.641. The van der Waals surface area contributed by atoms with Gasteiger partial charge in [-0.25, -0.2) is 9.37 Å². The van der Waals surface area contributed by atoms with Crippen LogP contribution in [-0.4, -0.2) is 66.5 Å². The molecule has 2 aliphatic heterocycles. The average Bonchev–Trinajstić information content (AvgIpc) is 3.17. The summed E-state index contributed by atoms with van der Waals surface area (Å²) in [5, 5.41) is 14.3. The van der Waals surface area contributed by atoms with Crippen LogP contribution < -0.4 is 15.0 Å². The smallest absolute Gasteiger partial charge is 0.141 e. The van der Waals surface area contributed by atoms with E-state index in [1.54, 1.807) is 6.07 Å². The van der Waals surface area contributed by atoms with Crippen LogP contribution in [-0.2, 0) is 6.54 Å². The lowest BCUT2D eigenvalue weighted by atomic mass is 10.0. The minimum Gasteiger partial charge on any atom is -0.492 e. The largest absolute Gasteiger partial charge is 0.492 e. The van der Waals surface area contributed by atoms with Crippen LogP contribution in [0.5, 0.6) is 5.75 Å². The standard InChI is InChI=1S/C24H33FN4O2/c25-21-7-8-23(27-17-21)29-12-9-24(30,19-29)18-26-16-20-5-4-6-22(15-20)31-14-13-28-10-2-1-3-11-28/h4-8,15,17,26,30H,1-3,9-14,16,18-19H2/t24-/m1/s1. The van der Waals surface area contributed by atoms with Crippen molar-refractivity contribution in [1.29, 1.82) is 0 Å². The molecule has 2 aliphatic rings. The van der Waals surface area contributed by atoms with Gasteiger partial charge in [0.05, 0.1) is 11.8 Å². The van der Waals surface area contributed by atoms with Crippen molar-refractivity contribution in [2.45, 2.75) is 37.8 Å². The number of nitrogens with zero attached hydrogens (tertiary/aromatic N) is 3. The Kier molecular flexibility index (Phi) is 7.37. The summed E-state index contributed by atoms with van der Waals surface area (Å²) in [4.78, 5) is 8.59. The molecule has 2 N–H and O–H groups in total. The van der Waals surface area contributed by atoms with Crippen molar-refractivity contribution in [2.75, 3.05) is 50.8 Å². The number of piperidine rings is 1. The Balaban J connectivity index is 1.20. The van der Waals surface area contributed by atoms with Crippen LogP contribution in [0.2, 0.25) is 0 Å². The number of pyridine rings is 1. The molecule has 4 rings (SSSR count). The highest BCUT2D eigenvalue weighted by atomic mass is 19.1. The second-order valence-electron chi connectivity index (χ2n) is 8.73. The number of likely N-dealkylation sites (tertiary alicyclic amines) is 1. The topological polar surface area (TPSA) is 60.9 Å². The lowest BCUT2D eigenvalue weighted by Gasteiger charge is -2.26. The average molecular weight is 429 g/mol. The van der Waals surface area contributed by atoms with E-state index in [-0.39, 0.29) is 5.82 Å². The summed E-state index contributed by atoms with van der Waals surface area (Å²) in [6, 6.07) is 11.2. The number of aromatic nitrogens is 1. The van der Waals surface area contributed by atoms with E-state index in [2.05, 4.69) is 27.3 Å². The number of rotatable bonds is 9. The fourth-order valence-electron chi connectivity index (χ4n) is 4.41. The molecule has 0 amide bonds. The molecular weight excluding hydrogens is 395 g/mol. The summed E-state index contributed by atoms with van der Waals surface area (Å²) in [5.74, 6) is 1.24. The van der Waals surface area contributed by atoms with Crippen molar-refractivity contribution < 1.29 is 14.2 Å². The molecule has 31 heavy (non-hydrogen) atoms. The molecule has 0 radical (unpaired) electrons. The van der Waals surface area contributed by atoms with Gasteiger partial charge in [-0.15, -0.1) is 0 Å². The van der Waals surface area contributed by atoms with E-state index in [1.165, 1.54) is 44.6 Å². The molecule has 0 saturated carbocycles. The number of hydrogen-bond acceptors (Lipinski definition) is 6. The van der Waals surface area contributed by atoms with Gasteiger partial charge < -0.3 is 20.1 Å². The molecule has 7 heteroatoms. The molecule has 1 aromatic carbocycles. The number of β-amino-alcohol motifs (C(OH)–C–C–N with tert-alkyl or cyclic N) is 1. The minimum absolute atomic E-state index is 0.349. The zero-order valence-electron chi connectivity index (χ0n) is 18.1. The van der Waals surface area contributed by atoms with E-state index in [4.69, 9.17) is 4.74 Å². The molecule has 0 aliphatic carbocycles. The van der Waals surface area contributed by atoms with Crippen LogP contribution >= 0.6 is 0 Å². The molecule has 0 bridgehead atoms. The fraction of sp³-hybridized carbons (Fsp3) is 0.542. The van der Waals surface area contributed by atoms with E-state index in [0.717, 1.165) is 17.9 Å². The first kappa shape index (κ1) is 22.0. The minimum atomic E-state index is -0.821. The van der Waals surface area contributed by atoms with Gasteiger partial charge in [0.2, 0.25) is 0 Å². The first-order valence-corrected chi connectivity index (χ1v) is 11.3. The summed E-state index contributed by atoms with van der Waals surface area (Å²) in [5.41, 5.74) is 0.313. The second kappa shape index (κ2) is 10.4. The number of benzene rings is 1. The number of ether oxygens (including phenoxy) is 1. The molecule has 2 saturated heterocycles. The molecule has 168 valence electrons. The van der Waals surface area contributed by atoms with E-state index < -0.39 is 5.60 Å². The predicted octanol–water partition coefficient (Wildman–Crippen LogP) is 2.82. The number of anilines is 1. The summed E-state index contributed by atoms with van der Waals surface area (Å²) in [7, 11) is 0. The van der Waals surface area contributed by atoms with Crippen molar-refractivity contribution in [2.24, 2.45) is 0 Å². The Bertz CT molecular complexity index is 829. The number of halogens is 1. The molecule has 1 atom stereocenters. The number of hydrogen-bond donors (Lipinski definition) is 2. The van der Waals surface area contributed by atoms with Gasteiger partial charge in [0.1, 0.15) is 24.0 Å². The van der Waals surface area contributed by atoms with Crippen LogP contribution in [0.4, 0.5) is 10.2 Å². The van der Waals surface area contributed by atoms with Gasteiger partial charge in [-0.2, -0.15) is 0 Å². The van der Waals surface area contributed by atoms with E-state index in [9.17, 15) is 9.50 Å². The molecule has 2 aromatic rings. The van der Waals surface area contributed by atoms with Crippen LogP contribution in [0.3, 0.4) is 0 Å². The maximum atomic E-state index is 13.1. The molecule has 0 spiro atoms. The normalized spacial score (nSPS) is 22.1. The van der Waals surface area contributed by atoms with Gasteiger partial charge >= 0.3 is 0 Å². The van der Waals surface area contributed by atoms with Crippen LogP contribution in [0.15, 0.2) is 42.6 Å². The number of nitrogens with one attached hydrogen (secondary N) is 1. The van der Waals surface area contributed by atoms with Gasteiger partial charge in [0.25, 0.3) is 0 Å². The zero-order valence-corrected chi connectivity index (χ0v) is 18.1. The molecule has 6 nitrogen and oxygen atoms in total. The SMILES string of the molecule is O[C@@]1(CNCc2cccc(OCCN3CCCCC3)c2)CCN(c2ccc(F)cn2)C1. The van der Waals surface area contributed by atoms with Gasteiger partial charge in [0, 0.05) is 32.7 Å². The fourth-order valence-corrected chi connectivity index (χ4v) is 4.41. The summed E-state index contributed by atoms with van der Waals surface area (Å²) in [6.07, 6.45) is 5.81. The maximum Gasteiger partial charge on any atom is 0.141 e. The first-order valence-electron chi connectivity index (χ1n) is 11.3. The van der Waals surface area contributed by atoms with E-state index in [1.807, 2.05) is 17.0 Å². The highest BCUT2D eigenvalue weighted by Gasteiger charge is 2.36. The summed E-state index contributed by atoms with van der Waals surface area (Å²) >= 11 is 0. The van der Waals surface area contributed by atoms with Crippen LogP contribution in [0.25, 0.3) is 0 Å². The van der Waals surface area contributed by atoms with Gasteiger partial charge in [-0.05, 0) is 62.2 Å². The van der Waals surface area contributed by atoms with Crippen LogP contribution in [0.1, 0.15) is 31.2 Å². The van der Waals surface area contributed by atoms with Crippen LogP contribution in [0, 0.1) is 5.82 Å². The summed E-state index contributed by atoms with van der Waals surface area (Å²) in [6.45, 7) is 6.41. The Labute approximate surface area is 184 Å². The molecule has 0 unspecified atom stereocenters. The highest BCUT2D eigenvalue weighted by molar-refractivity contribution is 5.40. The van der Waals surface area contributed by atoms with Crippen molar-refractivity contribution in [3.63, 3.8) is 0 Å². The number of aliphatic hydroxyl groups is 1. The van der Waals surface area contributed by atoms with E-state index >= 15 is 0 Å². The lowest BCUT2D eigenvalue weighted by Crippen LogP contribution is -2.43. The van der Waals surface area contributed by atoms with Crippen molar-refractivity contribution in [3.8, 4) is 5.75 Å². The summed E-state index contributed by atoms with van der Waals surface area (Å²) < 4.78 is 19.0. The Hall–Kier alpha value is -2.22. The second-order valence-corrected chi connectivity index (χ2v) is 8.73. The highest BCUT2D eigenvalue weighted by Crippen LogP contribution is 2.25. The third-order valence-electron chi connectivity index (χ3n) is 6.17. The van der Waals surface area contributed by atoms with Gasteiger partial charge in [-0.1, -0.05) is 18.6 Å². The van der Waals surface area contributed by atoms with Crippen molar-refractivity contribution in [1.82, 2.24) is 15.2 Å². The van der Waals surface area contributed by atoms with Gasteiger partial charge in [-0.3, -0.25) is 4.90 Å². The Morgan fingerprint density at radius 2 is 2.00 bits per heavy atom. The molecule has 1 aromatic heterocycles. The Morgan fingerprint density at radius 1 is 1.13 bits per heavy atom.